The summed E-state index contributed by atoms with van der Waals surface area (Å²) in [6.07, 6.45) is 1.86. The molecule has 0 aromatic rings. The summed E-state index contributed by atoms with van der Waals surface area (Å²) < 4.78 is 21.5. The van der Waals surface area contributed by atoms with Crippen LogP contribution in [-0.2, 0) is 28.5 Å². The average Bonchev–Trinajstić information content (AvgIpc) is 2.77. The molecule has 0 aromatic heterocycles. The van der Waals surface area contributed by atoms with Gasteiger partial charge in [-0.15, -0.1) is 0 Å². The molecule has 186 valence electrons. The van der Waals surface area contributed by atoms with Gasteiger partial charge in [0.15, 0.2) is 0 Å². The van der Waals surface area contributed by atoms with Gasteiger partial charge in [-0.25, -0.2) is 9.59 Å². The Morgan fingerprint density at radius 1 is 0.719 bits per heavy atom. The lowest BCUT2D eigenvalue weighted by atomic mass is 10.1. The maximum Gasteiger partial charge on any atom is 0.333 e. The first-order valence-electron chi connectivity index (χ1n) is 11.5. The highest BCUT2D eigenvalue weighted by molar-refractivity contribution is 5.87. The number of carbonyl (C=O) groups excluding carboxylic acids is 2. The van der Waals surface area contributed by atoms with Crippen molar-refractivity contribution in [3.8, 4) is 0 Å². The van der Waals surface area contributed by atoms with Gasteiger partial charge >= 0.3 is 11.9 Å². The van der Waals surface area contributed by atoms with Crippen molar-refractivity contribution in [2.75, 3.05) is 65.8 Å². The minimum atomic E-state index is -0.337. The van der Waals surface area contributed by atoms with Crippen LogP contribution in [-0.4, -0.2) is 77.8 Å². The van der Waals surface area contributed by atoms with E-state index in [2.05, 4.69) is 37.6 Å². The van der Waals surface area contributed by atoms with Gasteiger partial charge in [-0.05, 0) is 26.7 Å². The molecule has 0 fully saturated rings. The van der Waals surface area contributed by atoms with Crippen LogP contribution in [0.2, 0.25) is 0 Å². The molecule has 2 N–H and O–H groups in total. The van der Waals surface area contributed by atoms with Crippen molar-refractivity contribution in [2.24, 2.45) is 11.8 Å². The molecule has 0 aliphatic carbocycles. The summed E-state index contributed by atoms with van der Waals surface area (Å²) in [7, 11) is 0. The van der Waals surface area contributed by atoms with Gasteiger partial charge in [-0.2, -0.15) is 0 Å². The van der Waals surface area contributed by atoms with Gasteiger partial charge in [0.2, 0.25) is 0 Å². The predicted octanol–water partition coefficient (Wildman–Crippen LogP) is 2.49. The van der Waals surface area contributed by atoms with Crippen molar-refractivity contribution in [2.45, 2.75) is 40.5 Å². The summed E-state index contributed by atoms with van der Waals surface area (Å²) in [5.41, 5.74) is 0.844. The Morgan fingerprint density at radius 3 is 1.41 bits per heavy atom. The largest absolute Gasteiger partial charge is 0.462 e. The Morgan fingerprint density at radius 2 is 1.09 bits per heavy atom. The first kappa shape index (κ1) is 30.3. The molecular formula is C24H44N2O6. The maximum atomic E-state index is 11.4. The van der Waals surface area contributed by atoms with E-state index in [1.807, 2.05) is 0 Å². The van der Waals surface area contributed by atoms with Crippen molar-refractivity contribution < 1.29 is 28.5 Å². The molecule has 8 nitrogen and oxygen atoms in total. The molecular weight excluding hydrogens is 412 g/mol. The minimum Gasteiger partial charge on any atom is -0.462 e. The number of nitrogens with one attached hydrogen (secondary N) is 2. The van der Waals surface area contributed by atoms with Crippen LogP contribution in [0, 0.1) is 11.8 Å². The molecule has 2 atom stereocenters. The number of hydrogen-bond donors (Lipinski definition) is 2. The second-order valence-corrected chi connectivity index (χ2v) is 7.94. The zero-order valence-electron chi connectivity index (χ0n) is 20.5. The molecule has 32 heavy (non-hydrogen) atoms. The molecule has 0 amide bonds. The van der Waals surface area contributed by atoms with Crippen LogP contribution in [0.5, 0.6) is 0 Å². The zero-order chi connectivity index (χ0) is 24.2. The van der Waals surface area contributed by atoms with E-state index in [-0.39, 0.29) is 23.8 Å². The van der Waals surface area contributed by atoms with E-state index in [9.17, 15) is 9.59 Å². The SMILES string of the molecule is C=C(C)C(=O)OCC(CC)CNCCOCCOCCNCC(CC)COC(=O)C(=C)C. The van der Waals surface area contributed by atoms with E-state index in [4.69, 9.17) is 18.9 Å². The normalized spacial score (nSPS) is 12.8. The molecule has 0 rings (SSSR count). The maximum absolute atomic E-state index is 11.4. The Bertz CT molecular complexity index is 505. The molecule has 2 unspecified atom stereocenters. The molecule has 0 saturated carbocycles. The fourth-order valence-electron chi connectivity index (χ4n) is 2.50. The fraction of sp³-hybridized carbons (Fsp3) is 0.750. The summed E-state index contributed by atoms with van der Waals surface area (Å²) in [5, 5.41) is 6.64. The lowest BCUT2D eigenvalue weighted by Gasteiger charge is -2.16. The molecule has 0 heterocycles. The fourth-order valence-corrected chi connectivity index (χ4v) is 2.50. The topological polar surface area (TPSA) is 95.1 Å². The van der Waals surface area contributed by atoms with Gasteiger partial charge in [-0.3, -0.25) is 0 Å². The third-order valence-electron chi connectivity index (χ3n) is 4.84. The number of carbonyl (C=O) groups is 2. The van der Waals surface area contributed by atoms with Crippen LogP contribution in [0.4, 0.5) is 0 Å². The Balaban J connectivity index is 3.54. The highest BCUT2D eigenvalue weighted by Gasteiger charge is 2.11. The van der Waals surface area contributed by atoms with E-state index < -0.39 is 0 Å². The van der Waals surface area contributed by atoms with Crippen molar-refractivity contribution in [1.82, 2.24) is 10.6 Å². The Labute approximate surface area is 194 Å². The lowest BCUT2D eigenvalue weighted by molar-refractivity contribution is -0.141. The van der Waals surface area contributed by atoms with Gasteiger partial charge in [0.05, 0.1) is 39.6 Å². The average molecular weight is 457 g/mol. The van der Waals surface area contributed by atoms with Crippen molar-refractivity contribution >= 4 is 11.9 Å². The summed E-state index contributed by atoms with van der Waals surface area (Å²) in [6.45, 7) is 20.7. The highest BCUT2D eigenvalue weighted by atomic mass is 16.5. The third-order valence-corrected chi connectivity index (χ3v) is 4.84. The van der Waals surface area contributed by atoms with E-state index in [1.54, 1.807) is 13.8 Å². The quantitative estimate of drug-likeness (QED) is 0.155. The van der Waals surface area contributed by atoms with Gasteiger partial charge < -0.3 is 29.6 Å². The molecule has 0 radical (unpaired) electrons. The number of hydrogen-bond acceptors (Lipinski definition) is 8. The number of ether oxygens (including phenoxy) is 4. The second-order valence-electron chi connectivity index (χ2n) is 7.94. The lowest BCUT2D eigenvalue weighted by Crippen LogP contribution is -2.30. The van der Waals surface area contributed by atoms with Crippen LogP contribution in [0.1, 0.15) is 40.5 Å². The zero-order valence-corrected chi connectivity index (χ0v) is 20.5. The Hall–Kier alpha value is -1.74. The van der Waals surface area contributed by atoms with Crippen LogP contribution in [0.3, 0.4) is 0 Å². The first-order valence-corrected chi connectivity index (χ1v) is 11.5. The summed E-state index contributed by atoms with van der Waals surface area (Å²) in [5.74, 6) is -0.119. The molecule has 0 spiro atoms. The Kier molecular flexibility index (Phi) is 18.8. The van der Waals surface area contributed by atoms with Crippen LogP contribution in [0.15, 0.2) is 24.3 Å². The second kappa shape index (κ2) is 19.9. The van der Waals surface area contributed by atoms with Crippen molar-refractivity contribution in [3.63, 3.8) is 0 Å². The van der Waals surface area contributed by atoms with Crippen LogP contribution >= 0.6 is 0 Å². The van der Waals surface area contributed by atoms with Crippen LogP contribution in [0.25, 0.3) is 0 Å². The summed E-state index contributed by atoms with van der Waals surface area (Å²) in [6, 6.07) is 0. The summed E-state index contributed by atoms with van der Waals surface area (Å²) >= 11 is 0. The highest BCUT2D eigenvalue weighted by Crippen LogP contribution is 2.04. The third kappa shape index (κ3) is 16.9. The first-order chi connectivity index (χ1) is 15.3. The van der Waals surface area contributed by atoms with E-state index in [0.717, 1.165) is 39.0 Å². The standard InChI is InChI=1S/C24H44N2O6/c1-7-21(17-31-23(27)19(3)4)15-25-9-11-29-13-14-30-12-10-26-16-22(8-2)18-32-24(28)20(5)6/h21-22,25-26H,3,5,7-18H2,1-2,4,6H3. The number of esters is 2. The van der Waals surface area contributed by atoms with E-state index in [0.29, 0.717) is 50.8 Å². The molecule has 0 aliphatic heterocycles. The van der Waals surface area contributed by atoms with Crippen LogP contribution < -0.4 is 10.6 Å². The molecule has 0 bridgehead atoms. The molecule has 8 heteroatoms. The van der Waals surface area contributed by atoms with Gasteiger partial charge in [0.1, 0.15) is 0 Å². The van der Waals surface area contributed by atoms with Gasteiger partial charge in [-0.1, -0.05) is 27.0 Å². The number of rotatable bonds is 21. The smallest absolute Gasteiger partial charge is 0.333 e. The minimum absolute atomic E-state index is 0.277. The molecule has 0 saturated heterocycles. The van der Waals surface area contributed by atoms with E-state index >= 15 is 0 Å². The summed E-state index contributed by atoms with van der Waals surface area (Å²) in [4.78, 5) is 22.9. The van der Waals surface area contributed by atoms with Gasteiger partial charge in [0.25, 0.3) is 0 Å². The predicted molar refractivity (Wildman–Crippen MR) is 126 cm³/mol. The molecule has 0 aliphatic rings. The van der Waals surface area contributed by atoms with Crippen molar-refractivity contribution in [1.29, 1.82) is 0 Å². The van der Waals surface area contributed by atoms with Crippen molar-refractivity contribution in [3.05, 3.63) is 24.3 Å². The van der Waals surface area contributed by atoms with E-state index in [1.165, 1.54) is 0 Å². The molecule has 0 aromatic carbocycles. The van der Waals surface area contributed by atoms with Gasteiger partial charge in [0, 0.05) is 49.2 Å². The monoisotopic (exact) mass is 456 g/mol.